The van der Waals surface area contributed by atoms with Gasteiger partial charge in [-0.1, -0.05) is 43.0 Å². The molecule has 3 aromatic rings. The van der Waals surface area contributed by atoms with E-state index < -0.39 is 0 Å². The van der Waals surface area contributed by atoms with Crippen LogP contribution in [0.3, 0.4) is 0 Å². The number of nitrogens with one attached hydrogen (secondary N) is 1. The third-order valence-corrected chi connectivity index (χ3v) is 5.31. The minimum Gasteiger partial charge on any atom is -0.493 e. The summed E-state index contributed by atoms with van der Waals surface area (Å²) in [5, 5.41) is 4.08. The molecule has 0 saturated carbocycles. The molecule has 0 aliphatic heterocycles. The Morgan fingerprint density at radius 1 is 1.03 bits per heavy atom. The lowest BCUT2D eigenvalue weighted by Gasteiger charge is -2.13. The van der Waals surface area contributed by atoms with Gasteiger partial charge in [0.25, 0.3) is 5.91 Å². The fourth-order valence-electron chi connectivity index (χ4n) is 3.10. The van der Waals surface area contributed by atoms with Crippen molar-refractivity contribution in [2.75, 3.05) is 20.3 Å². The predicted octanol–water partition coefficient (Wildman–Crippen LogP) is 5.76. The van der Waals surface area contributed by atoms with E-state index >= 15 is 0 Å². The zero-order valence-corrected chi connectivity index (χ0v) is 21.2. The molecule has 0 aliphatic rings. The van der Waals surface area contributed by atoms with Crippen LogP contribution in [0.5, 0.6) is 23.0 Å². The number of hydrazone groups is 1. The van der Waals surface area contributed by atoms with E-state index in [1.54, 1.807) is 30.3 Å². The Hall–Kier alpha value is -3.78. The fraction of sp³-hybridized carbons (Fsp3) is 0.185. The van der Waals surface area contributed by atoms with Gasteiger partial charge in [0, 0.05) is 5.56 Å². The van der Waals surface area contributed by atoms with Crippen LogP contribution in [-0.2, 0) is 6.61 Å². The van der Waals surface area contributed by atoms with Gasteiger partial charge in [0.15, 0.2) is 23.0 Å². The second-order valence-electron chi connectivity index (χ2n) is 7.20. The summed E-state index contributed by atoms with van der Waals surface area (Å²) in [5.41, 5.74) is 4.66. The first-order valence-corrected chi connectivity index (χ1v) is 11.7. The van der Waals surface area contributed by atoms with Gasteiger partial charge in [-0.15, -0.1) is 0 Å². The monoisotopic (exact) mass is 538 g/mol. The summed E-state index contributed by atoms with van der Waals surface area (Å²) in [6.07, 6.45) is 3.18. The SMILES string of the molecule is C=CCOc1c(Br)cc(/C=N/NC(=O)c2ccc(OCc3ccccc3)c(OC)c2)cc1OCC. The summed E-state index contributed by atoms with van der Waals surface area (Å²) in [4.78, 5) is 12.6. The smallest absolute Gasteiger partial charge is 0.271 e. The van der Waals surface area contributed by atoms with Crippen molar-refractivity contribution >= 4 is 28.1 Å². The summed E-state index contributed by atoms with van der Waals surface area (Å²) >= 11 is 3.49. The summed E-state index contributed by atoms with van der Waals surface area (Å²) in [5.74, 6) is 1.76. The van der Waals surface area contributed by atoms with E-state index in [9.17, 15) is 4.79 Å². The third kappa shape index (κ3) is 7.35. The normalized spacial score (nSPS) is 10.6. The number of rotatable bonds is 12. The molecular weight excluding hydrogens is 512 g/mol. The zero-order valence-electron chi connectivity index (χ0n) is 19.6. The molecule has 8 heteroatoms. The van der Waals surface area contributed by atoms with Gasteiger partial charge in [0.05, 0.1) is 24.4 Å². The maximum absolute atomic E-state index is 12.6. The van der Waals surface area contributed by atoms with Crippen LogP contribution in [0.1, 0.15) is 28.4 Å². The van der Waals surface area contributed by atoms with Gasteiger partial charge < -0.3 is 18.9 Å². The molecule has 0 heterocycles. The Morgan fingerprint density at radius 3 is 2.54 bits per heavy atom. The van der Waals surface area contributed by atoms with Crippen LogP contribution in [0.25, 0.3) is 0 Å². The van der Waals surface area contributed by atoms with Crippen LogP contribution < -0.4 is 24.4 Å². The second-order valence-corrected chi connectivity index (χ2v) is 8.06. The van der Waals surface area contributed by atoms with Crippen molar-refractivity contribution in [3.63, 3.8) is 0 Å². The van der Waals surface area contributed by atoms with E-state index in [0.717, 1.165) is 5.56 Å². The summed E-state index contributed by atoms with van der Waals surface area (Å²) in [6, 6.07) is 18.4. The van der Waals surface area contributed by atoms with E-state index in [0.29, 0.717) is 58.4 Å². The highest BCUT2D eigenvalue weighted by Gasteiger charge is 2.13. The average Bonchev–Trinajstić information content (AvgIpc) is 2.87. The molecule has 7 nitrogen and oxygen atoms in total. The molecule has 1 amide bonds. The van der Waals surface area contributed by atoms with Crippen molar-refractivity contribution in [1.29, 1.82) is 0 Å². The van der Waals surface area contributed by atoms with Gasteiger partial charge in [-0.2, -0.15) is 5.10 Å². The highest BCUT2D eigenvalue weighted by atomic mass is 79.9. The summed E-state index contributed by atoms with van der Waals surface area (Å²) in [6.45, 7) is 6.76. The van der Waals surface area contributed by atoms with Crippen LogP contribution in [0.15, 0.2) is 82.9 Å². The van der Waals surface area contributed by atoms with Crippen molar-refractivity contribution in [1.82, 2.24) is 5.43 Å². The number of amides is 1. The lowest BCUT2D eigenvalue weighted by atomic mass is 10.2. The molecule has 182 valence electrons. The molecule has 0 aliphatic carbocycles. The van der Waals surface area contributed by atoms with Gasteiger partial charge in [-0.25, -0.2) is 5.43 Å². The molecule has 0 spiro atoms. The quantitative estimate of drug-likeness (QED) is 0.180. The molecule has 0 unspecified atom stereocenters. The molecule has 3 rings (SSSR count). The zero-order chi connectivity index (χ0) is 25.0. The third-order valence-electron chi connectivity index (χ3n) is 4.72. The van der Waals surface area contributed by atoms with Gasteiger partial charge in [0.1, 0.15) is 13.2 Å². The van der Waals surface area contributed by atoms with E-state index in [1.807, 2.05) is 43.3 Å². The Bertz CT molecular complexity index is 1180. The predicted molar refractivity (Wildman–Crippen MR) is 140 cm³/mol. The van der Waals surface area contributed by atoms with Crippen molar-refractivity contribution in [3.05, 3.63) is 94.5 Å². The number of benzene rings is 3. The molecule has 35 heavy (non-hydrogen) atoms. The van der Waals surface area contributed by atoms with Crippen molar-refractivity contribution < 1.29 is 23.7 Å². The Morgan fingerprint density at radius 2 is 1.83 bits per heavy atom. The number of hydrogen-bond acceptors (Lipinski definition) is 6. The molecule has 0 saturated heterocycles. The Balaban J connectivity index is 1.67. The molecule has 0 atom stereocenters. The first kappa shape index (κ1) is 25.8. The lowest BCUT2D eigenvalue weighted by molar-refractivity contribution is 0.0954. The minimum atomic E-state index is -0.385. The topological polar surface area (TPSA) is 78.4 Å². The number of methoxy groups -OCH3 is 1. The fourth-order valence-corrected chi connectivity index (χ4v) is 3.68. The largest absolute Gasteiger partial charge is 0.493 e. The van der Waals surface area contributed by atoms with Crippen LogP contribution in [-0.4, -0.2) is 32.4 Å². The maximum atomic E-state index is 12.6. The van der Waals surface area contributed by atoms with Gasteiger partial charge in [-0.3, -0.25) is 4.79 Å². The summed E-state index contributed by atoms with van der Waals surface area (Å²) in [7, 11) is 1.53. The summed E-state index contributed by atoms with van der Waals surface area (Å²) < 4.78 is 23.3. The highest BCUT2D eigenvalue weighted by molar-refractivity contribution is 9.10. The van der Waals surface area contributed by atoms with Gasteiger partial charge >= 0.3 is 0 Å². The molecule has 0 radical (unpaired) electrons. The number of carbonyl (C=O) groups is 1. The van der Waals surface area contributed by atoms with Crippen molar-refractivity contribution in [2.45, 2.75) is 13.5 Å². The first-order valence-electron chi connectivity index (χ1n) is 10.9. The second kappa shape index (κ2) is 13.2. The molecular formula is C27H27BrN2O5. The Kier molecular flexibility index (Phi) is 9.74. The number of carbonyl (C=O) groups excluding carboxylic acids is 1. The van der Waals surface area contributed by atoms with Crippen molar-refractivity contribution in [2.24, 2.45) is 5.10 Å². The van der Waals surface area contributed by atoms with Gasteiger partial charge in [0.2, 0.25) is 0 Å². The molecule has 0 bridgehead atoms. The van der Waals surface area contributed by atoms with Crippen LogP contribution in [0.4, 0.5) is 0 Å². The number of nitrogens with zero attached hydrogens (tertiary/aromatic N) is 1. The van der Waals surface area contributed by atoms with Crippen LogP contribution >= 0.6 is 15.9 Å². The maximum Gasteiger partial charge on any atom is 0.271 e. The molecule has 0 fully saturated rings. The van der Waals surface area contributed by atoms with Crippen LogP contribution in [0, 0.1) is 0 Å². The van der Waals surface area contributed by atoms with E-state index in [2.05, 4.69) is 33.0 Å². The first-order chi connectivity index (χ1) is 17.0. The Labute approximate surface area is 213 Å². The average molecular weight is 539 g/mol. The van der Waals surface area contributed by atoms with Crippen LogP contribution in [0.2, 0.25) is 0 Å². The highest BCUT2D eigenvalue weighted by Crippen LogP contribution is 2.36. The van der Waals surface area contributed by atoms with E-state index in [4.69, 9.17) is 18.9 Å². The molecule has 1 N–H and O–H groups in total. The minimum absolute atomic E-state index is 0.349. The van der Waals surface area contributed by atoms with Crippen molar-refractivity contribution in [3.8, 4) is 23.0 Å². The molecule has 3 aromatic carbocycles. The number of halogens is 1. The number of hydrogen-bond donors (Lipinski definition) is 1. The van der Waals surface area contributed by atoms with E-state index in [1.165, 1.54) is 13.3 Å². The number of ether oxygens (including phenoxy) is 4. The van der Waals surface area contributed by atoms with E-state index in [-0.39, 0.29) is 5.91 Å². The molecule has 0 aromatic heterocycles. The standard InChI is InChI=1S/C27H27BrN2O5/c1-4-13-34-26-22(28)14-20(15-25(26)33-5-2)17-29-30-27(31)21-11-12-23(24(16-21)32-3)35-18-19-9-7-6-8-10-19/h4,6-12,14-17H,1,5,13,18H2,2-3H3,(H,30,31)/b29-17+. The lowest BCUT2D eigenvalue weighted by Crippen LogP contribution is -2.17. The van der Waals surface area contributed by atoms with Gasteiger partial charge in [-0.05, 0) is 64.3 Å².